The maximum absolute atomic E-state index is 12.0. The number of fused-ring (bicyclic) bond motifs is 1. The van der Waals surface area contributed by atoms with E-state index in [1.165, 1.54) is 0 Å². The number of rotatable bonds is 7. The van der Waals surface area contributed by atoms with Gasteiger partial charge in [0.25, 0.3) is 0 Å². The number of aliphatic carboxylic acids is 1. The third-order valence-corrected chi connectivity index (χ3v) is 3.84. The van der Waals surface area contributed by atoms with E-state index in [1.807, 2.05) is 19.1 Å². The lowest BCUT2D eigenvalue weighted by Gasteiger charge is -2.29. The molecule has 1 aromatic rings. The van der Waals surface area contributed by atoms with E-state index in [9.17, 15) is 14.4 Å². The first-order valence-electron chi connectivity index (χ1n) is 8.21. The summed E-state index contributed by atoms with van der Waals surface area (Å²) in [7, 11) is 0. The third kappa shape index (κ3) is 4.71. The Labute approximate surface area is 141 Å². The first kappa shape index (κ1) is 17.8. The number of nitrogens with one attached hydrogen (secondary N) is 2. The van der Waals surface area contributed by atoms with Crippen molar-refractivity contribution in [2.45, 2.75) is 39.0 Å². The van der Waals surface area contributed by atoms with E-state index in [1.54, 1.807) is 11.0 Å². The van der Waals surface area contributed by atoms with Crippen molar-refractivity contribution in [3.05, 3.63) is 23.8 Å². The zero-order valence-electron chi connectivity index (χ0n) is 13.8. The lowest BCUT2D eigenvalue weighted by molar-refractivity contribution is -0.137. The predicted octanol–water partition coefficient (Wildman–Crippen LogP) is 2.36. The smallest absolute Gasteiger partial charge is 0.319 e. The number of anilines is 2. The van der Waals surface area contributed by atoms with Crippen LogP contribution in [-0.2, 0) is 16.0 Å². The van der Waals surface area contributed by atoms with Crippen LogP contribution in [0.25, 0.3) is 0 Å². The number of amides is 3. The van der Waals surface area contributed by atoms with Crippen LogP contribution in [-0.4, -0.2) is 36.1 Å². The molecule has 0 fully saturated rings. The summed E-state index contributed by atoms with van der Waals surface area (Å²) in [6.07, 6.45) is 2.47. The quantitative estimate of drug-likeness (QED) is 0.667. The second-order valence-corrected chi connectivity index (χ2v) is 5.77. The van der Waals surface area contributed by atoms with Gasteiger partial charge in [0.15, 0.2) is 0 Å². The minimum Gasteiger partial charge on any atom is -0.481 e. The molecule has 0 aromatic heterocycles. The molecule has 0 spiro atoms. The molecule has 0 atom stereocenters. The second kappa shape index (κ2) is 8.33. The Kier molecular flexibility index (Phi) is 6.17. The SMILES string of the molecule is CCCN1C(=O)CCc2cc(NC(=O)NCCCC(=O)O)ccc21. The summed E-state index contributed by atoms with van der Waals surface area (Å²) in [5.74, 6) is -0.737. The third-order valence-electron chi connectivity index (χ3n) is 3.84. The van der Waals surface area contributed by atoms with Gasteiger partial charge in [0.1, 0.15) is 0 Å². The minimum atomic E-state index is -0.877. The molecule has 0 saturated carbocycles. The molecular weight excluding hydrogens is 310 g/mol. The highest BCUT2D eigenvalue weighted by atomic mass is 16.4. The maximum atomic E-state index is 12.0. The van der Waals surface area contributed by atoms with Crippen molar-refractivity contribution in [2.75, 3.05) is 23.3 Å². The summed E-state index contributed by atoms with van der Waals surface area (Å²) in [6.45, 7) is 3.04. The van der Waals surface area contributed by atoms with E-state index in [0.717, 1.165) is 17.7 Å². The summed E-state index contributed by atoms with van der Waals surface area (Å²) < 4.78 is 0. The second-order valence-electron chi connectivity index (χ2n) is 5.77. The van der Waals surface area contributed by atoms with Gasteiger partial charge in [-0.25, -0.2) is 4.79 Å². The van der Waals surface area contributed by atoms with Crippen LogP contribution in [0.1, 0.15) is 38.2 Å². The Morgan fingerprint density at radius 2 is 2.08 bits per heavy atom. The van der Waals surface area contributed by atoms with Crippen molar-refractivity contribution in [1.29, 1.82) is 0 Å². The zero-order chi connectivity index (χ0) is 17.5. The first-order valence-corrected chi connectivity index (χ1v) is 8.21. The molecule has 0 bridgehead atoms. The molecule has 0 saturated heterocycles. The average molecular weight is 333 g/mol. The first-order chi connectivity index (χ1) is 11.5. The van der Waals surface area contributed by atoms with Gasteiger partial charge >= 0.3 is 12.0 Å². The van der Waals surface area contributed by atoms with E-state index >= 15 is 0 Å². The molecule has 1 aromatic carbocycles. The molecule has 24 heavy (non-hydrogen) atoms. The van der Waals surface area contributed by atoms with Gasteiger partial charge in [-0.05, 0) is 43.0 Å². The van der Waals surface area contributed by atoms with E-state index in [2.05, 4.69) is 10.6 Å². The van der Waals surface area contributed by atoms with Crippen molar-refractivity contribution >= 4 is 29.3 Å². The van der Waals surface area contributed by atoms with E-state index in [4.69, 9.17) is 5.11 Å². The van der Waals surface area contributed by atoms with Gasteiger partial charge in [0.2, 0.25) is 5.91 Å². The van der Waals surface area contributed by atoms with Crippen LogP contribution in [0.5, 0.6) is 0 Å². The lowest BCUT2D eigenvalue weighted by Crippen LogP contribution is -2.35. The van der Waals surface area contributed by atoms with Crippen molar-refractivity contribution in [3.8, 4) is 0 Å². The zero-order valence-corrected chi connectivity index (χ0v) is 13.8. The standard InChI is InChI=1S/C17H23N3O4/c1-2-10-20-14-7-6-13(11-12(14)5-8-15(20)21)19-17(24)18-9-3-4-16(22)23/h6-7,11H,2-5,8-10H2,1H3,(H,22,23)(H2,18,19,24). The number of hydrogen-bond acceptors (Lipinski definition) is 3. The Balaban J connectivity index is 1.95. The molecule has 3 amide bonds. The molecule has 7 nitrogen and oxygen atoms in total. The highest BCUT2D eigenvalue weighted by molar-refractivity contribution is 5.97. The normalized spacial score (nSPS) is 13.4. The fourth-order valence-electron chi connectivity index (χ4n) is 2.72. The number of carbonyl (C=O) groups is 3. The molecule has 1 heterocycles. The Morgan fingerprint density at radius 1 is 1.29 bits per heavy atom. The topological polar surface area (TPSA) is 98.7 Å². The Hall–Kier alpha value is -2.57. The predicted molar refractivity (Wildman–Crippen MR) is 91.3 cm³/mol. The molecule has 0 aliphatic carbocycles. The number of carbonyl (C=O) groups excluding carboxylic acids is 2. The minimum absolute atomic E-state index is 0.0282. The van der Waals surface area contributed by atoms with Gasteiger partial charge in [-0.15, -0.1) is 0 Å². The van der Waals surface area contributed by atoms with E-state index in [0.29, 0.717) is 38.0 Å². The van der Waals surface area contributed by atoms with Crippen LogP contribution >= 0.6 is 0 Å². The average Bonchev–Trinajstić information content (AvgIpc) is 2.54. The molecule has 1 aliphatic heterocycles. The van der Waals surface area contributed by atoms with Crippen LogP contribution in [0.15, 0.2) is 18.2 Å². The summed E-state index contributed by atoms with van der Waals surface area (Å²) in [5, 5.41) is 13.9. The summed E-state index contributed by atoms with van der Waals surface area (Å²) in [5.41, 5.74) is 2.63. The number of carboxylic acids is 1. The van der Waals surface area contributed by atoms with Crippen LogP contribution in [0.4, 0.5) is 16.2 Å². The van der Waals surface area contributed by atoms with Crippen molar-refractivity contribution in [2.24, 2.45) is 0 Å². The van der Waals surface area contributed by atoms with E-state index < -0.39 is 5.97 Å². The van der Waals surface area contributed by atoms with E-state index in [-0.39, 0.29) is 18.4 Å². The highest BCUT2D eigenvalue weighted by Gasteiger charge is 2.23. The monoisotopic (exact) mass is 333 g/mol. The number of urea groups is 1. The lowest BCUT2D eigenvalue weighted by atomic mass is 10.00. The number of benzene rings is 1. The highest BCUT2D eigenvalue weighted by Crippen LogP contribution is 2.30. The van der Waals surface area contributed by atoms with Gasteiger partial charge in [-0.3, -0.25) is 9.59 Å². The van der Waals surface area contributed by atoms with Gasteiger partial charge in [-0.2, -0.15) is 0 Å². The van der Waals surface area contributed by atoms with Crippen LogP contribution in [0.2, 0.25) is 0 Å². The van der Waals surface area contributed by atoms with Gasteiger partial charge in [0, 0.05) is 37.3 Å². The number of carboxylic acid groups (broad SMARTS) is 1. The summed E-state index contributed by atoms with van der Waals surface area (Å²) in [4.78, 5) is 36.0. The molecule has 7 heteroatoms. The maximum Gasteiger partial charge on any atom is 0.319 e. The fourth-order valence-corrected chi connectivity index (χ4v) is 2.72. The van der Waals surface area contributed by atoms with Crippen LogP contribution < -0.4 is 15.5 Å². The van der Waals surface area contributed by atoms with Crippen LogP contribution in [0.3, 0.4) is 0 Å². The Morgan fingerprint density at radius 3 is 2.79 bits per heavy atom. The van der Waals surface area contributed by atoms with Gasteiger partial charge < -0.3 is 20.6 Å². The number of nitrogens with zero attached hydrogens (tertiary/aromatic N) is 1. The van der Waals surface area contributed by atoms with Gasteiger partial charge in [0.05, 0.1) is 0 Å². The Bertz CT molecular complexity index is 630. The molecular formula is C17H23N3O4. The van der Waals surface area contributed by atoms with Crippen molar-refractivity contribution in [1.82, 2.24) is 5.32 Å². The molecule has 130 valence electrons. The van der Waals surface area contributed by atoms with Crippen molar-refractivity contribution < 1.29 is 19.5 Å². The largest absolute Gasteiger partial charge is 0.481 e. The summed E-state index contributed by atoms with van der Waals surface area (Å²) in [6, 6.07) is 5.16. The number of hydrogen-bond donors (Lipinski definition) is 3. The van der Waals surface area contributed by atoms with Gasteiger partial charge in [-0.1, -0.05) is 6.92 Å². The molecule has 0 unspecified atom stereocenters. The fraction of sp³-hybridized carbons (Fsp3) is 0.471. The molecule has 2 rings (SSSR count). The van der Waals surface area contributed by atoms with Crippen LogP contribution in [0, 0.1) is 0 Å². The molecule has 1 aliphatic rings. The van der Waals surface area contributed by atoms with Crippen molar-refractivity contribution in [3.63, 3.8) is 0 Å². The summed E-state index contributed by atoms with van der Waals surface area (Å²) >= 11 is 0. The molecule has 3 N–H and O–H groups in total. The number of aryl methyl sites for hydroxylation is 1. The molecule has 0 radical (unpaired) electrons.